The quantitative estimate of drug-likeness (QED) is 0.634. The van der Waals surface area contributed by atoms with Gasteiger partial charge in [0.1, 0.15) is 0 Å². The summed E-state index contributed by atoms with van der Waals surface area (Å²) in [5.41, 5.74) is -0.197. The highest BCUT2D eigenvalue weighted by Crippen LogP contribution is 2.32. The molecule has 1 aliphatic rings. The highest BCUT2D eigenvalue weighted by atomic mass is 16.7. The number of ether oxygens (including phenoxy) is 2. The predicted octanol–water partition coefficient (Wildman–Crippen LogP) is 1.93. The molecule has 0 aliphatic carbocycles. The minimum Gasteiger partial charge on any atom is -0.350 e. The molecule has 4 nitrogen and oxygen atoms in total. The fourth-order valence-corrected chi connectivity index (χ4v) is 1.28. The first-order valence-corrected chi connectivity index (χ1v) is 4.61. The first kappa shape index (κ1) is 10.6. The Morgan fingerprint density at radius 2 is 1.85 bits per heavy atom. The topological polar surface area (TPSA) is 47.9 Å². The van der Waals surface area contributed by atoms with Crippen LogP contribution in [0.2, 0.25) is 0 Å². The summed E-state index contributed by atoms with van der Waals surface area (Å²) >= 11 is 0. The fourth-order valence-electron chi connectivity index (χ4n) is 1.28. The summed E-state index contributed by atoms with van der Waals surface area (Å²) in [6.45, 7) is 7.17. The minimum atomic E-state index is -0.512. The lowest BCUT2D eigenvalue weighted by Crippen LogP contribution is -2.47. The highest BCUT2D eigenvalue weighted by molar-refractivity contribution is 4.84. The van der Waals surface area contributed by atoms with Crippen molar-refractivity contribution in [1.82, 2.24) is 0 Å². The van der Waals surface area contributed by atoms with Crippen molar-refractivity contribution in [3.05, 3.63) is 4.91 Å². The second-order valence-corrected chi connectivity index (χ2v) is 4.12. The molecule has 1 saturated heterocycles. The molecular weight excluding hydrogens is 170 g/mol. The number of rotatable bonds is 3. The van der Waals surface area contributed by atoms with Crippen LogP contribution >= 0.6 is 0 Å². The lowest BCUT2D eigenvalue weighted by atomic mass is 9.86. The van der Waals surface area contributed by atoms with Crippen LogP contribution in [0.25, 0.3) is 0 Å². The molecule has 0 unspecified atom stereocenters. The molecule has 13 heavy (non-hydrogen) atoms. The molecule has 0 saturated carbocycles. The van der Waals surface area contributed by atoms with Gasteiger partial charge in [0.25, 0.3) is 0 Å². The third kappa shape index (κ3) is 2.48. The van der Waals surface area contributed by atoms with Crippen LogP contribution in [0, 0.1) is 10.3 Å². The van der Waals surface area contributed by atoms with E-state index in [4.69, 9.17) is 9.47 Å². The number of hydrogen-bond acceptors (Lipinski definition) is 4. The van der Waals surface area contributed by atoms with E-state index in [1.807, 2.05) is 20.8 Å². The SMILES string of the molecule is CCC1(CN=O)COC(C)(C)OC1. The normalized spacial score (nSPS) is 25.5. The van der Waals surface area contributed by atoms with E-state index in [9.17, 15) is 4.91 Å². The summed E-state index contributed by atoms with van der Waals surface area (Å²) < 4.78 is 11.0. The molecule has 0 N–H and O–H groups in total. The second kappa shape index (κ2) is 3.72. The maximum atomic E-state index is 10.2. The molecule has 0 spiro atoms. The smallest absolute Gasteiger partial charge is 0.162 e. The summed E-state index contributed by atoms with van der Waals surface area (Å²) in [6.07, 6.45) is 0.856. The summed E-state index contributed by atoms with van der Waals surface area (Å²) in [5, 5.41) is 2.94. The molecule has 1 heterocycles. The Hall–Kier alpha value is -0.480. The van der Waals surface area contributed by atoms with E-state index in [1.165, 1.54) is 0 Å². The van der Waals surface area contributed by atoms with Gasteiger partial charge < -0.3 is 9.47 Å². The fraction of sp³-hybridized carbons (Fsp3) is 1.00. The van der Waals surface area contributed by atoms with Crippen molar-refractivity contribution < 1.29 is 9.47 Å². The number of hydrogen-bond donors (Lipinski definition) is 0. The van der Waals surface area contributed by atoms with Crippen molar-refractivity contribution in [3.63, 3.8) is 0 Å². The van der Waals surface area contributed by atoms with Crippen LogP contribution in [0.4, 0.5) is 0 Å². The Morgan fingerprint density at radius 3 is 2.23 bits per heavy atom. The molecule has 0 aromatic carbocycles. The van der Waals surface area contributed by atoms with Crippen molar-refractivity contribution >= 4 is 0 Å². The van der Waals surface area contributed by atoms with Crippen molar-refractivity contribution in [3.8, 4) is 0 Å². The molecule has 1 fully saturated rings. The van der Waals surface area contributed by atoms with Crippen molar-refractivity contribution in [2.75, 3.05) is 19.8 Å². The molecule has 76 valence electrons. The largest absolute Gasteiger partial charge is 0.350 e. The zero-order chi connectivity index (χ0) is 9.95. The highest BCUT2D eigenvalue weighted by Gasteiger charge is 2.39. The van der Waals surface area contributed by atoms with Gasteiger partial charge in [-0.15, -0.1) is 0 Å². The zero-order valence-corrected chi connectivity index (χ0v) is 8.50. The van der Waals surface area contributed by atoms with Crippen LogP contribution in [-0.4, -0.2) is 25.5 Å². The molecule has 0 amide bonds. The maximum absolute atomic E-state index is 10.2. The van der Waals surface area contributed by atoms with Gasteiger partial charge in [0.2, 0.25) is 0 Å². The average Bonchev–Trinajstić information content (AvgIpc) is 2.10. The second-order valence-electron chi connectivity index (χ2n) is 4.12. The van der Waals surface area contributed by atoms with E-state index < -0.39 is 5.79 Å². The molecule has 0 aromatic rings. The van der Waals surface area contributed by atoms with E-state index in [1.54, 1.807) is 0 Å². The van der Waals surface area contributed by atoms with Crippen molar-refractivity contribution in [2.24, 2.45) is 10.6 Å². The Labute approximate surface area is 78.6 Å². The Bertz CT molecular complexity index is 181. The lowest BCUT2D eigenvalue weighted by molar-refractivity contribution is -0.284. The average molecular weight is 187 g/mol. The van der Waals surface area contributed by atoms with Crippen molar-refractivity contribution in [2.45, 2.75) is 33.0 Å². The summed E-state index contributed by atoms with van der Waals surface area (Å²) in [4.78, 5) is 10.2. The van der Waals surface area contributed by atoms with E-state index in [2.05, 4.69) is 5.18 Å². The van der Waals surface area contributed by atoms with Crippen LogP contribution in [-0.2, 0) is 9.47 Å². The summed E-state index contributed by atoms with van der Waals surface area (Å²) in [5.74, 6) is -0.512. The van der Waals surface area contributed by atoms with Crippen LogP contribution in [0.15, 0.2) is 5.18 Å². The van der Waals surface area contributed by atoms with Gasteiger partial charge >= 0.3 is 0 Å². The summed E-state index contributed by atoms with van der Waals surface area (Å²) in [7, 11) is 0. The Morgan fingerprint density at radius 1 is 1.31 bits per heavy atom. The molecular formula is C9H17NO3. The minimum absolute atomic E-state index is 0.197. The van der Waals surface area contributed by atoms with Crippen LogP contribution < -0.4 is 0 Å². The predicted molar refractivity (Wildman–Crippen MR) is 49.4 cm³/mol. The molecule has 0 radical (unpaired) electrons. The van der Waals surface area contributed by atoms with Crippen LogP contribution in [0.5, 0.6) is 0 Å². The van der Waals surface area contributed by atoms with E-state index in [-0.39, 0.29) is 12.0 Å². The first-order chi connectivity index (χ1) is 6.04. The molecule has 0 aromatic heterocycles. The van der Waals surface area contributed by atoms with E-state index in [0.717, 1.165) is 6.42 Å². The van der Waals surface area contributed by atoms with Gasteiger partial charge in [-0.1, -0.05) is 12.1 Å². The van der Waals surface area contributed by atoms with Gasteiger partial charge in [0, 0.05) is 5.41 Å². The van der Waals surface area contributed by atoms with Gasteiger partial charge in [-0.2, -0.15) is 4.91 Å². The molecule has 4 heteroatoms. The molecule has 1 aliphatic heterocycles. The summed E-state index contributed by atoms with van der Waals surface area (Å²) in [6, 6.07) is 0. The van der Waals surface area contributed by atoms with Crippen molar-refractivity contribution in [1.29, 1.82) is 0 Å². The maximum Gasteiger partial charge on any atom is 0.162 e. The Kier molecular flexibility index (Phi) is 3.03. The van der Waals surface area contributed by atoms with Gasteiger partial charge in [-0.05, 0) is 20.3 Å². The van der Waals surface area contributed by atoms with Crippen LogP contribution in [0.1, 0.15) is 27.2 Å². The zero-order valence-electron chi connectivity index (χ0n) is 8.50. The molecule has 0 atom stereocenters. The lowest BCUT2D eigenvalue weighted by Gasteiger charge is -2.41. The van der Waals surface area contributed by atoms with Gasteiger partial charge in [0.15, 0.2) is 5.79 Å². The number of nitrogens with zero attached hydrogens (tertiary/aromatic N) is 1. The molecule has 0 bridgehead atoms. The third-order valence-electron chi connectivity index (χ3n) is 2.60. The van der Waals surface area contributed by atoms with Gasteiger partial charge in [-0.25, -0.2) is 0 Å². The standard InChI is InChI=1S/C9H17NO3/c1-4-9(5-10-11)6-12-8(2,3)13-7-9/h4-7H2,1-3H3. The monoisotopic (exact) mass is 187 g/mol. The molecule has 1 rings (SSSR count). The van der Waals surface area contributed by atoms with Gasteiger partial charge in [0.05, 0.1) is 19.8 Å². The Balaban J connectivity index is 2.57. The third-order valence-corrected chi connectivity index (χ3v) is 2.60. The number of nitroso groups, excluding NO2 is 1. The van der Waals surface area contributed by atoms with E-state index in [0.29, 0.717) is 13.2 Å². The van der Waals surface area contributed by atoms with Crippen LogP contribution in [0.3, 0.4) is 0 Å². The van der Waals surface area contributed by atoms with Gasteiger partial charge in [-0.3, -0.25) is 0 Å². The van der Waals surface area contributed by atoms with E-state index >= 15 is 0 Å². The first-order valence-electron chi connectivity index (χ1n) is 4.61.